The van der Waals surface area contributed by atoms with Gasteiger partial charge in [-0.25, -0.2) is 4.39 Å². The number of hydrogen-bond donors (Lipinski definition) is 2. The van der Waals surface area contributed by atoms with Crippen molar-refractivity contribution in [2.75, 3.05) is 5.32 Å². The van der Waals surface area contributed by atoms with E-state index in [-0.39, 0.29) is 22.5 Å². The molecule has 0 atom stereocenters. The molecule has 0 aliphatic carbocycles. The minimum Gasteiger partial charge on any atom is -0.343 e. The van der Waals surface area contributed by atoms with E-state index in [1.807, 2.05) is 0 Å². The molecule has 0 spiro atoms. The molecule has 0 bridgehead atoms. The Labute approximate surface area is 155 Å². The highest BCUT2D eigenvalue weighted by molar-refractivity contribution is 6.43. The highest BCUT2D eigenvalue weighted by atomic mass is 19.1. The summed E-state index contributed by atoms with van der Waals surface area (Å²) in [7, 11) is 1.59. The largest absolute Gasteiger partial charge is 0.343 e. The van der Waals surface area contributed by atoms with Crippen molar-refractivity contribution >= 4 is 23.3 Å². The molecule has 2 aromatic rings. The number of anilines is 1. The Balaban J connectivity index is 2.42. The summed E-state index contributed by atoms with van der Waals surface area (Å²) < 4.78 is 14.9. The van der Waals surface area contributed by atoms with Gasteiger partial charge >= 0.3 is 0 Å². The maximum Gasteiger partial charge on any atom is 0.296 e. The molecule has 0 saturated carbocycles. The van der Waals surface area contributed by atoms with Crippen LogP contribution in [0, 0.1) is 31.0 Å². The van der Waals surface area contributed by atoms with E-state index in [1.165, 1.54) is 16.7 Å². The molecule has 2 amide bonds. The molecule has 0 aliphatic rings. The van der Waals surface area contributed by atoms with E-state index in [0.717, 1.165) is 12.3 Å². The van der Waals surface area contributed by atoms with Crippen LogP contribution in [-0.2, 0) is 11.8 Å². The number of Topliss-reactive ketones (excluding diaryl/α,β-unsaturated/α-hetero) is 1. The number of carbonyl (C=O) groups is 3. The van der Waals surface area contributed by atoms with Crippen LogP contribution in [0.2, 0.25) is 0 Å². The number of aromatic nitrogens is 1. The Hall–Kier alpha value is -3.73. The number of hydrogen-bond acceptors (Lipinski definition) is 4. The van der Waals surface area contributed by atoms with Gasteiger partial charge in [0.2, 0.25) is 0 Å². The third kappa shape index (κ3) is 3.62. The second-order valence-corrected chi connectivity index (χ2v) is 5.76. The van der Waals surface area contributed by atoms with Crippen LogP contribution in [-0.4, -0.2) is 22.2 Å². The summed E-state index contributed by atoms with van der Waals surface area (Å²) in [6, 6.07) is 5.30. The lowest BCUT2D eigenvalue weighted by atomic mass is 10.0. The van der Waals surface area contributed by atoms with Crippen molar-refractivity contribution in [3.63, 3.8) is 0 Å². The predicted molar refractivity (Wildman–Crippen MR) is 96.6 cm³/mol. The van der Waals surface area contributed by atoms with Crippen LogP contribution in [0.3, 0.4) is 0 Å². The molecule has 0 saturated heterocycles. The summed E-state index contributed by atoms with van der Waals surface area (Å²) >= 11 is 0. The fourth-order valence-corrected chi connectivity index (χ4v) is 2.78. The summed E-state index contributed by atoms with van der Waals surface area (Å²) in [5, 5.41) is 13.7. The van der Waals surface area contributed by atoms with Gasteiger partial charge in [-0.3, -0.25) is 14.4 Å². The molecule has 1 aromatic carbocycles. The van der Waals surface area contributed by atoms with Crippen molar-refractivity contribution in [3.05, 3.63) is 64.9 Å². The van der Waals surface area contributed by atoms with Crippen molar-refractivity contribution in [1.29, 1.82) is 5.26 Å². The third-order valence-corrected chi connectivity index (χ3v) is 4.16. The predicted octanol–water partition coefficient (Wildman–Crippen LogP) is 2.35. The first-order valence-electron chi connectivity index (χ1n) is 7.85. The first-order valence-corrected chi connectivity index (χ1v) is 7.85. The molecule has 7 nitrogen and oxygen atoms in total. The van der Waals surface area contributed by atoms with Crippen molar-refractivity contribution in [3.8, 4) is 6.07 Å². The van der Waals surface area contributed by atoms with Gasteiger partial charge in [-0.05, 0) is 43.8 Å². The topological polar surface area (TPSA) is 104 Å². The minimum atomic E-state index is -0.856. The normalized spacial score (nSPS) is 10.0. The lowest BCUT2D eigenvalue weighted by molar-refractivity contribution is -0.116. The summed E-state index contributed by atoms with van der Waals surface area (Å²) in [6.45, 7) is 6.51. The van der Waals surface area contributed by atoms with E-state index in [0.29, 0.717) is 11.3 Å². The highest BCUT2D eigenvalue weighted by Crippen LogP contribution is 2.23. The summed E-state index contributed by atoms with van der Waals surface area (Å²) in [4.78, 5) is 36.9. The Kier molecular flexibility index (Phi) is 5.56. The van der Waals surface area contributed by atoms with Crippen LogP contribution in [0.5, 0.6) is 0 Å². The van der Waals surface area contributed by atoms with Gasteiger partial charge in [0.25, 0.3) is 17.6 Å². The van der Waals surface area contributed by atoms with E-state index < -0.39 is 23.4 Å². The Morgan fingerprint density at radius 3 is 2.56 bits per heavy atom. The zero-order valence-electron chi connectivity index (χ0n) is 15.0. The monoisotopic (exact) mass is 368 g/mol. The number of nitrogens with zero attached hydrogens (tertiary/aromatic N) is 2. The standard InChI is InChI=1S/C19H17FN4O3/c1-5-22-19(27)17(25)15-10(2)16(24(4)11(15)3)18(26)23-13-6-7-14(20)12(8-13)9-21/h5-8H,1H2,2-4H3,(H,22,27)(H,23,26). The molecule has 27 heavy (non-hydrogen) atoms. The van der Waals surface area contributed by atoms with Crippen molar-refractivity contribution in [2.24, 2.45) is 7.05 Å². The van der Waals surface area contributed by atoms with Gasteiger partial charge in [0.05, 0.1) is 11.1 Å². The molecule has 1 heterocycles. The second kappa shape index (κ2) is 7.66. The highest BCUT2D eigenvalue weighted by Gasteiger charge is 2.28. The van der Waals surface area contributed by atoms with Gasteiger partial charge in [0.15, 0.2) is 0 Å². The summed E-state index contributed by atoms with van der Waals surface area (Å²) in [5.41, 5.74) is 1.10. The lowest BCUT2D eigenvalue weighted by Gasteiger charge is -2.08. The van der Waals surface area contributed by atoms with E-state index in [2.05, 4.69) is 17.2 Å². The fourth-order valence-electron chi connectivity index (χ4n) is 2.78. The number of nitrogens with one attached hydrogen (secondary N) is 2. The zero-order valence-corrected chi connectivity index (χ0v) is 15.0. The van der Waals surface area contributed by atoms with Gasteiger partial charge < -0.3 is 15.2 Å². The van der Waals surface area contributed by atoms with E-state index in [4.69, 9.17) is 5.26 Å². The van der Waals surface area contributed by atoms with Gasteiger partial charge in [0, 0.05) is 18.4 Å². The summed E-state index contributed by atoms with van der Waals surface area (Å²) in [6.07, 6.45) is 1.10. The molecule has 2 N–H and O–H groups in total. The van der Waals surface area contributed by atoms with Crippen molar-refractivity contribution in [1.82, 2.24) is 9.88 Å². The Morgan fingerprint density at radius 1 is 1.30 bits per heavy atom. The van der Waals surface area contributed by atoms with E-state index in [9.17, 15) is 18.8 Å². The SMILES string of the molecule is C=CNC(=O)C(=O)c1c(C)c(C(=O)Nc2ccc(F)c(C#N)c2)n(C)c1C. The smallest absolute Gasteiger partial charge is 0.296 e. The number of benzene rings is 1. The third-order valence-electron chi connectivity index (χ3n) is 4.16. The summed E-state index contributed by atoms with van der Waals surface area (Å²) in [5.74, 6) is -2.89. The number of rotatable bonds is 5. The Morgan fingerprint density at radius 2 is 1.96 bits per heavy atom. The van der Waals surface area contributed by atoms with Crippen LogP contribution in [0.25, 0.3) is 0 Å². The van der Waals surface area contributed by atoms with Gasteiger partial charge in [-0.2, -0.15) is 5.26 Å². The van der Waals surface area contributed by atoms with Gasteiger partial charge in [0.1, 0.15) is 17.6 Å². The number of amides is 2. The Bertz CT molecular complexity index is 1010. The number of nitriles is 1. The van der Waals surface area contributed by atoms with Crippen molar-refractivity contribution in [2.45, 2.75) is 13.8 Å². The van der Waals surface area contributed by atoms with Crippen LogP contribution in [0.4, 0.5) is 10.1 Å². The molecule has 1 aromatic heterocycles. The first-order chi connectivity index (χ1) is 12.7. The molecule has 0 radical (unpaired) electrons. The second-order valence-electron chi connectivity index (χ2n) is 5.76. The van der Waals surface area contributed by atoms with Crippen LogP contribution in [0.15, 0.2) is 31.0 Å². The average Bonchev–Trinajstić information content (AvgIpc) is 2.85. The molecule has 8 heteroatoms. The van der Waals surface area contributed by atoms with Crippen LogP contribution < -0.4 is 10.6 Å². The molecule has 0 fully saturated rings. The van der Waals surface area contributed by atoms with Crippen LogP contribution >= 0.6 is 0 Å². The van der Waals surface area contributed by atoms with Crippen molar-refractivity contribution < 1.29 is 18.8 Å². The molecule has 138 valence electrons. The fraction of sp³-hybridized carbons (Fsp3) is 0.158. The van der Waals surface area contributed by atoms with E-state index in [1.54, 1.807) is 27.0 Å². The maximum atomic E-state index is 13.4. The van der Waals surface area contributed by atoms with Crippen LogP contribution in [0.1, 0.15) is 37.7 Å². The average molecular weight is 368 g/mol. The lowest BCUT2D eigenvalue weighted by Crippen LogP contribution is -2.27. The molecular formula is C19H17FN4O3. The zero-order chi connectivity index (χ0) is 20.3. The first kappa shape index (κ1) is 19.6. The number of ketones is 1. The molecule has 0 unspecified atom stereocenters. The number of halogens is 1. The van der Waals surface area contributed by atoms with Gasteiger partial charge in [-0.15, -0.1) is 0 Å². The number of carbonyl (C=O) groups excluding carboxylic acids is 3. The van der Waals surface area contributed by atoms with Gasteiger partial charge in [-0.1, -0.05) is 6.58 Å². The quantitative estimate of drug-likeness (QED) is 0.624. The maximum absolute atomic E-state index is 13.4. The van der Waals surface area contributed by atoms with E-state index >= 15 is 0 Å². The molecule has 0 aliphatic heterocycles. The molecule has 2 rings (SSSR count). The molecular weight excluding hydrogens is 351 g/mol. The minimum absolute atomic E-state index is 0.124.